The Hall–Kier alpha value is -2.77. The summed E-state index contributed by atoms with van der Waals surface area (Å²) in [5, 5.41) is 1.96. The van der Waals surface area contributed by atoms with Crippen molar-refractivity contribution in [2.45, 2.75) is 27.0 Å². The number of amides is 1. The zero-order chi connectivity index (χ0) is 22.7. The maximum Gasteiger partial charge on any atom is 0.264 e. The number of halogens is 2. The van der Waals surface area contributed by atoms with Crippen molar-refractivity contribution in [2.75, 3.05) is 26.2 Å². The van der Waals surface area contributed by atoms with Crippen molar-refractivity contribution in [2.24, 2.45) is 0 Å². The van der Waals surface area contributed by atoms with Gasteiger partial charge in [0.15, 0.2) is 11.6 Å². The van der Waals surface area contributed by atoms with Crippen molar-refractivity contribution in [3.63, 3.8) is 0 Å². The first-order chi connectivity index (χ1) is 15.4. The van der Waals surface area contributed by atoms with Crippen LogP contribution in [0.2, 0.25) is 0 Å². The van der Waals surface area contributed by atoms with Gasteiger partial charge in [0.25, 0.3) is 5.91 Å². The predicted molar refractivity (Wildman–Crippen MR) is 122 cm³/mol. The van der Waals surface area contributed by atoms with E-state index in [0.29, 0.717) is 49.8 Å². The minimum atomic E-state index is -0.827. The summed E-state index contributed by atoms with van der Waals surface area (Å²) < 4.78 is 33.2. The standard InChI is InChI=1S/C25H26F2N2O2S/c1-17-6-7-21(12-18(17)2)31-15-19-13-23(32-16-19)25(30)29-10-8-28(9-11-29)14-20-4-3-5-22(26)24(20)27/h3-7,12-13,16H,8-11,14-15H2,1-2H3. The summed E-state index contributed by atoms with van der Waals surface area (Å²) in [4.78, 5) is 17.4. The molecule has 1 aliphatic rings. The van der Waals surface area contributed by atoms with Crippen molar-refractivity contribution < 1.29 is 18.3 Å². The van der Waals surface area contributed by atoms with E-state index in [1.807, 2.05) is 39.4 Å². The van der Waals surface area contributed by atoms with Gasteiger partial charge in [-0.2, -0.15) is 0 Å². The van der Waals surface area contributed by atoms with Gasteiger partial charge in [-0.15, -0.1) is 11.3 Å². The van der Waals surface area contributed by atoms with Crippen molar-refractivity contribution in [1.29, 1.82) is 0 Å². The molecule has 0 N–H and O–H groups in total. The number of ether oxygens (including phenoxy) is 1. The van der Waals surface area contributed by atoms with Crippen molar-refractivity contribution >= 4 is 17.2 Å². The Morgan fingerprint density at radius 1 is 1.03 bits per heavy atom. The number of carbonyl (C=O) groups is 1. The third kappa shape index (κ3) is 5.16. The third-order valence-electron chi connectivity index (χ3n) is 5.83. The van der Waals surface area contributed by atoms with Crippen molar-refractivity contribution in [1.82, 2.24) is 9.80 Å². The third-order valence-corrected chi connectivity index (χ3v) is 6.80. The quantitative estimate of drug-likeness (QED) is 0.512. The highest BCUT2D eigenvalue weighted by Crippen LogP contribution is 2.22. The SMILES string of the molecule is Cc1ccc(OCc2csc(C(=O)N3CCN(Cc4cccc(F)c4F)CC3)c2)cc1C. The molecule has 1 aliphatic heterocycles. The van der Waals surface area contributed by atoms with Gasteiger partial charge in [0, 0.05) is 43.9 Å². The van der Waals surface area contributed by atoms with Crippen LogP contribution in [0.4, 0.5) is 8.78 Å². The first-order valence-corrected chi connectivity index (χ1v) is 11.5. The van der Waals surface area contributed by atoms with Gasteiger partial charge in [-0.25, -0.2) is 8.78 Å². The van der Waals surface area contributed by atoms with Crippen LogP contribution in [0.5, 0.6) is 5.75 Å². The molecule has 168 valence electrons. The number of piperazine rings is 1. The number of thiophene rings is 1. The molecule has 1 amide bonds. The first-order valence-electron chi connectivity index (χ1n) is 10.6. The molecule has 4 nitrogen and oxygen atoms in total. The molecule has 0 unspecified atom stereocenters. The van der Waals surface area contributed by atoms with E-state index in [2.05, 4.69) is 13.8 Å². The minimum Gasteiger partial charge on any atom is -0.489 e. The van der Waals surface area contributed by atoms with Crippen molar-refractivity contribution in [3.05, 3.63) is 86.6 Å². The van der Waals surface area contributed by atoms with E-state index >= 15 is 0 Å². The highest BCUT2D eigenvalue weighted by molar-refractivity contribution is 7.12. The molecule has 7 heteroatoms. The fourth-order valence-corrected chi connectivity index (χ4v) is 4.57. The lowest BCUT2D eigenvalue weighted by molar-refractivity contribution is 0.0631. The molecule has 2 heterocycles. The second kappa shape index (κ2) is 9.79. The van der Waals surface area contributed by atoms with E-state index < -0.39 is 11.6 Å². The topological polar surface area (TPSA) is 32.8 Å². The fourth-order valence-electron chi connectivity index (χ4n) is 3.71. The second-order valence-electron chi connectivity index (χ2n) is 8.14. The molecule has 0 aliphatic carbocycles. The molecule has 0 spiro atoms. The normalized spacial score (nSPS) is 14.6. The predicted octanol–water partition coefficient (Wildman–Crippen LogP) is 5.18. The Labute approximate surface area is 191 Å². The highest BCUT2D eigenvalue weighted by Gasteiger charge is 2.24. The Morgan fingerprint density at radius 3 is 2.56 bits per heavy atom. The largest absolute Gasteiger partial charge is 0.489 e. The van der Waals surface area contributed by atoms with Gasteiger partial charge in [-0.05, 0) is 54.6 Å². The van der Waals surface area contributed by atoms with Gasteiger partial charge in [0.1, 0.15) is 12.4 Å². The molecule has 0 bridgehead atoms. The number of hydrogen-bond donors (Lipinski definition) is 0. The first kappa shape index (κ1) is 22.4. The monoisotopic (exact) mass is 456 g/mol. The molecule has 32 heavy (non-hydrogen) atoms. The summed E-state index contributed by atoms with van der Waals surface area (Å²) >= 11 is 1.42. The van der Waals surface area contributed by atoms with Crippen LogP contribution in [-0.2, 0) is 13.2 Å². The average molecular weight is 457 g/mol. The average Bonchev–Trinajstić information content (AvgIpc) is 3.27. The van der Waals surface area contributed by atoms with Gasteiger partial charge in [-0.3, -0.25) is 9.69 Å². The van der Waals surface area contributed by atoms with Crippen LogP contribution in [-0.4, -0.2) is 41.9 Å². The zero-order valence-corrected chi connectivity index (χ0v) is 19.1. The molecule has 0 atom stereocenters. The van der Waals surface area contributed by atoms with Crippen LogP contribution in [0.1, 0.15) is 31.9 Å². The summed E-state index contributed by atoms with van der Waals surface area (Å²) in [6, 6.07) is 12.1. The second-order valence-corrected chi connectivity index (χ2v) is 9.05. The number of rotatable bonds is 6. The van der Waals surface area contributed by atoms with Crippen LogP contribution in [0, 0.1) is 25.5 Å². The molecule has 1 aromatic heterocycles. The molecular weight excluding hydrogens is 430 g/mol. The Kier molecular flexibility index (Phi) is 6.86. The minimum absolute atomic E-state index is 0.00372. The molecule has 1 saturated heterocycles. The van der Waals surface area contributed by atoms with Gasteiger partial charge in [0.2, 0.25) is 0 Å². The summed E-state index contributed by atoms with van der Waals surface area (Å²) in [5.41, 5.74) is 3.72. The smallest absolute Gasteiger partial charge is 0.264 e. The van der Waals surface area contributed by atoms with Gasteiger partial charge in [-0.1, -0.05) is 18.2 Å². The molecule has 4 rings (SSSR count). The summed E-state index contributed by atoms with van der Waals surface area (Å²) in [5.74, 6) is -0.798. The van der Waals surface area contributed by atoms with Gasteiger partial charge >= 0.3 is 0 Å². The summed E-state index contributed by atoms with van der Waals surface area (Å²) in [7, 11) is 0. The number of aryl methyl sites for hydroxylation is 2. The van der Waals surface area contributed by atoms with Crippen LogP contribution < -0.4 is 4.74 Å². The lowest BCUT2D eigenvalue weighted by atomic mass is 10.1. The van der Waals surface area contributed by atoms with Crippen LogP contribution in [0.3, 0.4) is 0 Å². The van der Waals surface area contributed by atoms with E-state index in [9.17, 15) is 13.6 Å². The van der Waals surface area contributed by atoms with E-state index in [-0.39, 0.29) is 5.91 Å². The summed E-state index contributed by atoms with van der Waals surface area (Å²) in [6.45, 7) is 7.23. The van der Waals surface area contributed by atoms with E-state index in [1.165, 1.54) is 28.5 Å². The maximum atomic E-state index is 13.9. The maximum absolute atomic E-state index is 13.9. The fraction of sp³-hybridized carbons (Fsp3) is 0.320. The van der Waals surface area contributed by atoms with E-state index in [4.69, 9.17) is 4.74 Å². The number of nitrogens with zero attached hydrogens (tertiary/aromatic N) is 2. The van der Waals surface area contributed by atoms with E-state index in [1.54, 1.807) is 6.07 Å². The lowest BCUT2D eigenvalue weighted by Gasteiger charge is -2.34. The molecule has 0 saturated carbocycles. The molecule has 3 aromatic rings. The summed E-state index contributed by atoms with van der Waals surface area (Å²) in [6.07, 6.45) is 0. The van der Waals surface area contributed by atoms with Crippen LogP contribution in [0.25, 0.3) is 0 Å². The Bertz CT molecular complexity index is 1110. The molecular formula is C25H26F2N2O2S. The van der Waals surface area contributed by atoms with Gasteiger partial charge < -0.3 is 9.64 Å². The number of hydrogen-bond acceptors (Lipinski definition) is 4. The molecule has 2 aromatic carbocycles. The van der Waals surface area contributed by atoms with E-state index in [0.717, 1.165) is 17.4 Å². The van der Waals surface area contributed by atoms with Gasteiger partial charge in [0.05, 0.1) is 4.88 Å². The Balaban J connectivity index is 1.29. The molecule has 1 fully saturated rings. The molecule has 0 radical (unpaired) electrons. The zero-order valence-electron chi connectivity index (χ0n) is 18.2. The number of benzene rings is 2. The lowest BCUT2D eigenvalue weighted by Crippen LogP contribution is -2.48. The highest BCUT2D eigenvalue weighted by atomic mass is 32.1. The Morgan fingerprint density at radius 2 is 1.81 bits per heavy atom. The van der Waals surface area contributed by atoms with Crippen LogP contribution >= 0.6 is 11.3 Å². The number of carbonyl (C=O) groups excluding carboxylic acids is 1. The van der Waals surface area contributed by atoms with Crippen molar-refractivity contribution in [3.8, 4) is 5.75 Å². The van der Waals surface area contributed by atoms with Crippen LogP contribution in [0.15, 0.2) is 47.8 Å².